The molecule has 0 aliphatic heterocycles. The number of hydrogen-bond acceptors (Lipinski definition) is 1. The van der Waals surface area contributed by atoms with Gasteiger partial charge in [0.1, 0.15) is 11.5 Å². The summed E-state index contributed by atoms with van der Waals surface area (Å²) in [7, 11) is 0. The molecule has 0 spiro atoms. The topological polar surface area (TPSA) is 9.23 Å². The highest BCUT2D eigenvalue weighted by Crippen LogP contribution is 2.42. The molecule has 7 heteroatoms. The van der Waals surface area contributed by atoms with Crippen molar-refractivity contribution in [1.29, 1.82) is 0 Å². The molecule has 4 aromatic rings. The lowest BCUT2D eigenvalue weighted by Gasteiger charge is -2.29. The highest BCUT2D eigenvalue weighted by molar-refractivity contribution is 5.48. The van der Waals surface area contributed by atoms with E-state index in [1.165, 1.54) is 73.9 Å². The summed E-state index contributed by atoms with van der Waals surface area (Å²) in [4.78, 5) is 0. The molecule has 4 aromatic carbocycles. The van der Waals surface area contributed by atoms with Gasteiger partial charge in [0.2, 0.25) is 0 Å². The molecule has 0 saturated heterocycles. The molecule has 2 aliphatic carbocycles. The van der Waals surface area contributed by atoms with Gasteiger partial charge < -0.3 is 4.74 Å². The molecule has 2 fully saturated rings. The maximum Gasteiger partial charge on any atom is 0.416 e. The first-order chi connectivity index (χ1) is 24.4. The SMILES string of the molecule is CCC1CCC(c2ccc(Oc3ccc(C4CCC(CC)CC4)cc3Cc3ccc(C(F)(F)F)cc3)c(Cc3ccc(C(F)(F)F)cc3)c2)CC1. The van der Waals surface area contributed by atoms with Gasteiger partial charge in [-0.1, -0.05) is 75.2 Å². The van der Waals surface area contributed by atoms with Gasteiger partial charge in [0.25, 0.3) is 0 Å². The number of rotatable bonds is 10. The Morgan fingerprint density at radius 3 is 1.16 bits per heavy atom. The van der Waals surface area contributed by atoms with Gasteiger partial charge in [-0.25, -0.2) is 0 Å². The Morgan fingerprint density at radius 1 is 0.490 bits per heavy atom. The van der Waals surface area contributed by atoms with Gasteiger partial charge in [-0.15, -0.1) is 0 Å². The van der Waals surface area contributed by atoms with Crippen LogP contribution in [0.25, 0.3) is 0 Å². The molecule has 2 saturated carbocycles. The van der Waals surface area contributed by atoms with Crippen molar-refractivity contribution in [2.45, 2.75) is 115 Å². The fourth-order valence-corrected chi connectivity index (χ4v) is 8.17. The fraction of sp³-hybridized carbons (Fsp3) is 0.455. The molecule has 51 heavy (non-hydrogen) atoms. The van der Waals surface area contributed by atoms with Crippen LogP contribution in [0.5, 0.6) is 11.5 Å². The predicted molar refractivity (Wildman–Crippen MR) is 191 cm³/mol. The minimum Gasteiger partial charge on any atom is -0.457 e. The predicted octanol–water partition coefficient (Wildman–Crippen LogP) is 14.1. The Hall–Kier alpha value is -3.74. The maximum atomic E-state index is 13.3. The first kappa shape index (κ1) is 37.0. The Labute approximate surface area is 298 Å². The van der Waals surface area contributed by atoms with Gasteiger partial charge in [-0.3, -0.25) is 0 Å². The smallest absolute Gasteiger partial charge is 0.416 e. The van der Waals surface area contributed by atoms with E-state index >= 15 is 0 Å². The Morgan fingerprint density at radius 2 is 0.843 bits per heavy atom. The van der Waals surface area contributed by atoms with Crippen LogP contribution in [0.15, 0.2) is 84.9 Å². The van der Waals surface area contributed by atoms with Crippen molar-refractivity contribution in [2.24, 2.45) is 11.8 Å². The van der Waals surface area contributed by atoms with E-state index in [0.717, 1.165) is 84.0 Å². The minimum absolute atomic E-state index is 0.401. The molecule has 2 aliphatic rings. The first-order valence-corrected chi connectivity index (χ1v) is 18.6. The maximum absolute atomic E-state index is 13.3. The lowest BCUT2D eigenvalue weighted by molar-refractivity contribution is -0.138. The van der Waals surface area contributed by atoms with Crippen molar-refractivity contribution in [3.63, 3.8) is 0 Å². The molecule has 1 nitrogen and oxygen atoms in total. The van der Waals surface area contributed by atoms with Crippen molar-refractivity contribution >= 4 is 0 Å². The van der Waals surface area contributed by atoms with Crippen molar-refractivity contribution in [2.75, 3.05) is 0 Å². The lowest BCUT2D eigenvalue weighted by Crippen LogP contribution is -2.13. The fourth-order valence-electron chi connectivity index (χ4n) is 8.17. The lowest BCUT2D eigenvalue weighted by atomic mass is 9.77. The molecule has 272 valence electrons. The molecular weight excluding hydrogens is 658 g/mol. The van der Waals surface area contributed by atoms with Gasteiger partial charge >= 0.3 is 12.4 Å². The van der Waals surface area contributed by atoms with Gasteiger partial charge in [0, 0.05) is 12.8 Å². The Kier molecular flexibility index (Phi) is 11.5. The van der Waals surface area contributed by atoms with Crippen LogP contribution < -0.4 is 4.74 Å². The average molecular weight is 707 g/mol. The minimum atomic E-state index is -4.41. The zero-order valence-corrected chi connectivity index (χ0v) is 29.6. The van der Waals surface area contributed by atoms with Crippen LogP contribution in [0, 0.1) is 11.8 Å². The van der Waals surface area contributed by atoms with Crippen LogP contribution in [0.4, 0.5) is 26.3 Å². The van der Waals surface area contributed by atoms with Crippen LogP contribution in [0.2, 0.25) is 0 Å². The second-order valence-electron chi connectivity index (χ2n) is 14.8. The standard InChI is InChI=1S/C44H48F6O/c1-3-29-5-13-33(14-6-29)35-17-23-41(37(27-35)25-31-9-19-39(20-10-31)43(45,46)47)51-42-24-18-36(34-15-7-30(4-2)8-16-34)28-38(42)26-32-11-21-40(22-12-32)44(48,49)50/h9-12,17-24,27-30,33-34H,3-8,13-16,25-26H2,1-2H3. The van der Waals surface area contributed by atoms with Crippen LogP contribution in [-0.2, 0) is 25.2 Å². The average Bonchev–Trinajstić information content (AvgIpc) is 3.13. The summed E-state index contributed by atoms with van der Waals surface area (Å²) in [5.41, 5.74) is 4.38. The number of ether oxygens (including phenoxy) is 1. The van der Waals surface area contributed by atoms with Crippen LogP contribution in [0.1, 0.15) is 134 Å². The number of alkyl halides is 6. The van der Waals surface area contributed by atoms with Gasteiger partial charge in [0.15, 0.2) is 0 Å². The first-order valence-electron chi connectivity index (χ1n) is 18.6. The van der Waals surface area contributed by atoms with Crippen molar-refractivity contribution in [3.05, 3.63) is 129 Å². The molecule has 0 amide bonds. The van der Waals surface area contributed by atoms with E-state index in [4.69, 9.17) is 4.74 Å². The van der Waals surface area contributed by atoms with Gasteiger partial charge in [-0.05, 0) is 145 Å². The van der Waals surface area contributed by atoms with E-state index in [1.54, 1.807) is 0 Å². The van der Waals surface area contributed by atoms with Crippen LogP contribution >= 0.6 is 0 Å². The number of benzene rings is 4. The normalized spacial score (nSPS) is 21.4. The Balaban J connectivity index is 1.33. The molecule has 0 radical (unpaired) electrons. The van der Waals surface area contributed by atoms with Gasteiger partial charge in [-0.2, -0.15) is 26.3 Å². The van der Waals surface area contributed by atoms with E-state index in [-0.39, 0.29) is 0 Å². The highest BCUT2D eigenvalue weighted by atomic mass is 19.4. The van der Waals surface area contributed by atoms with E-state index < -0.39 is 23.5 Å². The quantitative estimate of drug-likeness (QED) is 0.149. The third-order valence-corrected chi connectivity index (χ3v) is 11.5. The van der Waals surface area contributed by atoms with Crippen molar-refractivity contribution in [3.8, 4) is 11.5 Å². The summed E-state index contributed by atoms with van der Waals surface area (Å²) in [5.74, 6) is 3.61. The molecule has 0 aromatic heterocycles. The number of hydrogen-bond donors (Lipinski definition) is 0. The molecule has 0 heterocycles. The van der Waals surface area contributed by atoms with E-state index in [1.807, 2.05) is 12.1 Å². The largest absolute Gasteiger partial charge is 0.457 e. The van der Waals surface area contributed by atoms with Gasteiger partial charge in [0.05, 0.1) is 11.1 Å². The van der Waals surface area contributed by atoms with Crippen LogP contribution in [-0.4, -0.2) is 0 Å². The van der Waals surface area contributed by atoms with E-state index in [2.05, 4.69) is 38.1 Å². The third kappa shape index (κ3) is 9.39. The zero-order chi connectivity index (χ0) is 36.2. The molecule has 6 rings (SSSR count). The zero-order valence-electron chi connectivity index (χ0n) is 29.6. The highest BCUT2D eigenvalue weighted by Gasteiger charge is 2.31. The molecule has 0 unspecified atom stereocenters. The third-order valence-electron chi connectivity index (χ3n) is 11.5. The van der Waals surface area contributed by atoms with Crippen LogP contribution in [0.3, 0.4) is 0 Å². The second-order valence-corrected chi connectivity index (χ2v) is 14.8. The molecule has 0 bridgehead atoms. The summed E-state index contributed by atoms with van der Waals surface area (Å²) >= 11 is 0. The summed E-state index contributed by atoms with van der Waals surface area (Å²) in [5, 5.41) is 0. The Bertz CT molecular complexity index is 1590. The molecular formula is C44H48F6O. The summed E-state index contributed by atoms with van der Waals surface area (Å²) in [6.07, 6.45) is 3.55. The van der Waals surface area contributed by atoms with E-state index in [0.29, 0.717) is 36.2 Å². The van der Waals surface area contributed by atoms with E-state index in [9.17, 15) is 26.3 Å². The second kappa shape index (κ2) is 15.9. The summed E-state index contributed by atoms with van der Waals surface area (Å²) < 4.78 is 86.8. The van der Waals surface area contributed by atoms with Crippen molar-refractivity contribution < 1.29 is 31.1 Å². The summed E-state index contributed by atoms with van der Waals surface area (Å²) in [6.45, 7) is 4.49. The molecule has 0 N–H and O–H groups in total. The van der Waals surface area contributed by atoms with Crippen molar-refractivity contribution in [1.82, 2.24) is 0 Å². The summed E-state index contributed by atoms with van der Waals surface area (Å²) in [6, 6.07) is 23.2. The monoisotopic (exact) mass is 706 g/mol. The molecule has 0 atom stereocenters. The number of halogens is 6.